The van der Waals surface area contributed by atoms with Crippen molar-refractivity contribution in [3.63, 3.8) is 0 Å². The second-order valence-electron chi connectivity index (χ2n) is 4.55. The third kappa shape index (κ3) is 4.35. The minimum atomic E-state index is -0.167. The summed E-state index contributed by atoms with van der Waals surface area (Å²) in [6.45, 7) is 5.38. The summed E-state index contributed by atoms with van der Waals surface area (Å²) in [7, 11) is 0. The Labute approximate surface area is 102 Å². The highest BCUT2D eigenvalue weighted by Gasteiger charge is 2.15. The van der Waals surface area contributed by atoms with E-state index in [1.54, 1.807) is 6.08 Å². The van der Waals surface area contributed by atoms with Gasteiger partial charge in [0.2, 0.25) is 0 Å². The van der Waals surface area contributed by atoms with Gasteiger partial charge in [-0.2, -0.15) is 0 Å². The normalized spacial score (nSPS) is 11.6. The van der Waals surface area contributed by atoms with Crippen molar-refractivity contribution >= 4 is 17.6 Å². The van der Waals surface area contributed by atoms with E-state index in [1.165, 1.54) is 6.92 Å². The first-order valence-electron chi connectivity index (χ1n) is 5.81. The Morgan fingerprint density at radius 1 is 1.18 bits per heavy atom. The standard InChI is InChI=1S/C15H18O2/c1-11(2)9-15(17)14(12(3)16)10-13-7-5-4-6-8-13/h4-8,10-11H,9H2,1-3H3. The van der Waals surface area contributed by atoms with Gasteiger partial charge in [0.25, 0.3) is 0 Å². The Morgan fingerprint density at radius 3 is 2.24 bits per heavy atom. The molecule has 1 rings (SSSR count). The minimum absolute atomic E-state index is 0.0728. The molecule has 0 saturated carbocycles. The molecular formula is C15H18O2. The van der Waals surface area contributed by atoms with E-state index in [-0.39, 0.29) is 17.5 Å². The molecule has 2 heteroatoms. The van der Waals surface area contributed by atoms with E-state index in [1.807, 2.05) is 44.2 Å². The van der Waals surface area contributed by atoms with E-state index in [4.69, 9.17) is 0 Å². The maximum absolute atomic E-state index is 11.9. The number of rotatable bonds is 5. The highest BCUT2D eigenvalue weighted by atomic mass is 16.1. The van der Waals surface area contributed by atoms with E-state index in [0.717, 1.165) is 5.56 Å². The number of carbonyl (C=O) groups excluding carboxylic acids is 2. The summed E-state index contributed by atoms with van der Waals surface area (Å²) < 4.78 is 0. The van der Waals surface area contributed by atoms with Gasteiger partial charge in [-0.3, -0.25) is 9.59 Å². The monoisotopic (exact) mass is 230 g/mol. The third-order valence-electron chi connectivity index (χ3n) is 2.38. The van der Waals surface area contributed by atoms with Crippen LogP contribution >= 0.6 is 0 Å². The van der Waals surface area contributed by atoms with E-state index in [9.17, 15) is 9.59 Å². The number of hydrogen-bond donors (Lipinski definition) is 0. The minimum Gasteiger partial charge on any atom is -0.294 e. The molecule has 0 saturated heterocycles. The molecule has 0 radical (unpaired) electrons. The van der Waals surface area contributed by atoms with Gasteiger partial charge in [-0.05, 0) is 24.5 Å². The Kier molecular flexibility index (Phi) is 4.83. The van der Waals surface area contributed by atoms with Gasteiger partial charge in [-0.1, -0.05) is 44.2 Å². The van der Waals surface area contributed by atoms with Crippen LogP contribution in [0.25, 0.3) is 6.08 Å². The van der Waals surface area contributed by atoms with Crippen LogP contribution in [0.5, 0.6) is 0 Å². The van der Waals surface area contributed by atoms with Crippen LogP contribution in [-0.2, 0) is 9.59 Å². The molecule has 1 aromatic carbocycles. The molecule has 0 aliphatic carbocycles. The molecule has 0 fully saturated rings. The summed E-state index contributed by atoms with van der Waals surface area (Å²) >= 11 is 0. The van der Waals surface area contributed by atoms with Crippen molar-refractivity contribution in [3.05, 3.63) is 41.5 Å². The highest BCUT2D eigenvalue weighted by molar-refractivity contribution is 6.22. The summed E-state index contributed by atoms with van der Waals surface area (Å²) in [5.74, 6) is 0.0249. The number of carbonyl (C=O) groups is 2. The quantitative estimate of drug-likeness (QED) is 0.442. The number of hydrogen-bond acceptors (Lipinski definition) is 2. The Hall–Kier alpha value is -1.70. The fourth-order valence-corrected chi connectivity index (χ4v) is 1.58. The van der Waals surface area contributed by atoms with Crippen LogP contribution in [0.15, 0.2) is 35.9 Å². The van der Waals surface area contributed by atoms with E-state index in [0.29, 0.717) is 12.0 Å². The Balaban J connectivity index is 2.98. The Morgan fingerprint density at radius 2 is 1.76 bits per heavy atom. The van der Waals surface area contributed by atoms with Crippen molar-refractivity contribution < 1.29 is 9.59 Å². The molecule has 0 bridgehead atoms. The predicted molar refractivity (Wildman–Crippen MR) is 69.6 cm³/mol. The summed E-state index contributed by atoms with van der Waals surface area (Å²) in [5.41, 5.74) is 1.18. The topological polar surface area (TPSA) is 34.1 Å². The molecule has 0 amide bonds. The van der Waals surface area contributed by atoms with Crippen LogP contribution in [0.4, 0.5) is 0 Å². The number of allylic oxidation sites excluding steroid dienone is 1. The predicted octanol–water partition coefficient (Wildman–Crippen LogP) is 3.27. The van der Waals surface area contributed by atoms with Crippen molar-refractivity contribution in [3.8, 4) is 0 Å². The van der Waals surface area contributed by atoms with Crippen LogP contribution in [0, 0.1) is 5.92 Å². The number of Topliss-reactive ketones (excluding diaryl/α,β-unsaturated/α-hetero) is 2. The lowest BCUT2D eigenvalue weighted by Crippen LogP contribution is -2.12. The smallest absolute Gasteiger partial charge is 0.166 e. The molecule has 0 unspecified atom stereocenters. The molecular weight excluding hydrogens is 212 g/mol. The first-order chi connectivity index (χ1) is 8.00. The van der Waals surface area contributed by atoms with Gasteiger partial charge in [0.1, 0.15) is 0 Å². The molecule has 0 heterocycles. The molecule has 17 heavy (non-hydrogen) atoms. The molecule has 0 aromatic heterocycles. The average molecular weight is 230 g/mol. The summed E-state index contributed by atoms with van der Waals surface area (Å²) in [5, 5.41) is 0. The van der Waals surface area contributed by atoms with Crippen molar-refractivity contribution in [1.82, 2.24) is 0 Å². The first kappa shape index (κ1) is 13.4. The van der Waals surface area contributed by atoms with Gasteiger partial charge >= 0.3 is 0 Å². The van der Waals surface area contributed by atoms with Crippen molar-refractivity contribution in [1.29, 1.82) is 0 Å². The molecule has 90 valence electrons. The van der Waals surface area contributed by atoms with Gasteiger partial charge in [-0.15, -0.1) is 0 Å². The SMILES string of the molecule is CC(=O)C(=Cc1ccccc1)C(=O)CC(C)C. The van der Waals surface area contributed by atoms with Crippen molar-refractivity contribution in [2.75, 3.05) is 0 Å². The third-order valence-corrected chi connectivity index (χ3v) is 2.38. The van der Waals surface area contributed by atoms with Crippen LogP contribution in [-0.4, -0.2) is 11.6 Å². The van der Waals surface area contributed by atoms with Gasteiger partial charge in [0, 0.05) is 6.42 Å². The van der Waals surface area contributed by atoms with Gasteiger partial charge in [0.05, 0.1) is 5.57 Å². The fraction of sp³-hybridized carbons (Fsp3) is 0.333. The molecule has 0 aliphatic rings. The van der Waals surface area contributed by atoms with Gasteiger partial charge < -0.3 is 0 Å². The number of benzene rings is 1. The fourth-order valence-electron chi connectivity index (χ4n) is 1.58. The maximum Gasteiger partial charge on any atom is 0.166 e. The first-order valence-corrected chi connectivity index (χ1v) is 5.81. The van der Waals surface area contributed by atoms with E-state index >= 15 is 0 Å². The van der Waals surface area contributed by atoms with Crippen molar-refractivity contribution in [2.45, 2.75) is 27.2 Å². The van der Waals surface area contributed by atoms with Crippen molar-refractivity contribution in [2.24, 2.45) is 5.92 Å². The summed E-state index contributed by atoms with van der Waals surface area (Å²) in [6.07, 6.45) is 2.09. The zero-order chi connectivity index (χ0) is 12.8. The van der Waals surface area contributed by atoms with Crippen LogP contribution in [0.3, 0.4) is 0 Å². The average Bonchev–Trinajstić information content (AvgIpc) is 2.25. The van der Waals surface area contributed by atoms with E-state index < -0.39 is 0 Å². The second kappa shape index (κ2) is 6.14. The second-order valence-corrected chi connectivity index (χ2v) is 4.55. The maximum atomic E-state index is 11.9. The lowest BCUT2D eigenvalue weighted by atomic mass is 9.97. The molecule has 1 aromatic rings. The van der Waals surface area contributed by atoms with Gasteiger partial charge in [-0.25, -0.2) is 0 Å². The van der Waals surface area contributed by atoms with Gasteiger partial charge in [0.15, 0.2) is 11.6 Å². The molecule has 0 spiro atoms. The molecule has 0 N–H and O–H groups in total. The lowest BCUT2D eigenvalue weighted by Gasteiger charge is -2.05. The van der Waals surface area contributed by atoms with Crippen LogP contribution < -0.4 is 0 Å². The summed E-state index contributed by atoms with van der Waals surface area (Å²) in [4.78, 5) is 23.4. The Bertz CT molecular complexity index is 427. The molecule has 2 nitrogen and oxygen atoms in total. The summed E-state index contributed by atoms with van der Waals surface area (Å²) in [6, 6.07) is 9.44. The van der Waals surface area contributed by atoms with E-state index in [2.05, 4.69) is 0 Å². The molecule has 0 atom stereocenters. The molecule has 0 aliphatic heterocycles. The largest absolute Gasteiger partial charge is 0.294 e. The highest BCUT2D eigenvalue weighted by Crippen LogP contribution is 2.13. The zero-order valence-corrected chi connectivity index (χ0v) is 10.6. The van der Waals surface area contributed by atoms with Crippen LogP contribution in [0.1, 0.15) is 32.8 Å². The lowest BCUT2D eigenvalue weighted by molar-refractivity contribution is -0.120. The number of ketones is 2. The van der Waals surface area contributed by atoms with Crippen LogP contribution in [0.2, 0.25) is 0 Å². The zero-order valence-electron chi connectivity index (χ0n) is 10.6.